The summed E-state index contributed by atoms with van der Waals surface area (Å²) in [4.78, 5) is 0. The number of aliphatic hydroxyl groups excluding tert-OH is 1. The molecule has 2 saturated carbocycles. The SMILES string of the molecule is OCC1(CC2(c3ccccc3)CCCC2)CC1. The Hall–Kier alpha value is -0.820. The molecule has 0 atom stereocenters. The standard InChI is InChI=1S/C16H22O/c17-13-15(10-11-15)12-16(8-4-5-9-16)14-6-2-1-3-7-14/h1-3,6-7,17H,4-5,8-13H2. The minimum absolute atomic E-state index is 0.278. The summed E-state index contributed by atoms with van der Waals surface area (Å²) in [6.07, 6.45) is 9.03. The summed E-state index contributed by atoms with van der Waals surface area (Å²) in [5.41, 5.74) is 2.16. The van der Waals surface area contributed by atoms with E-state index < -0.39 is 0 Å². The Balaban J connectivity index is 1.88. The molecule has 0 heterocycles. The molecule has 2 aliphatic rings. The summed E-state index contributed by atoms with van der Waals surface area (Å²) in [6.45, 7) is 0.390. The summed E-state index contributed by atoms with van der Waals surface area (Å²) in [7, 11) is 0. The van der Waals surface area contributed by atoms with Crippen LogP contribution in [0.3, 0.4) is 0 Å². The zero-order valence-electron chi connectivity index (χ0n) is 10.5. The van der Waals surface area contributed by atoms with Crippen molar-refractivity contribution in [2.45, 2.75) is 50.4 Å². The average molecular weight is 230 g/mol. The van der Waals surface area contributed by atoms with Crippen LogP contribution in [0.1, 0.15) is 50.5 Å². The first-order valence-corrected chi connectivity index (χ1v) is 6.95. The number of aliphatic hydroxyl groups is 1. The van der Waals surface area contributed by atoms with Gasteiger partial charge in [-0.25, -0.2) is 0 Å². The highest BCUT2D eigenvalue weighted by molar-refractivity contribution is 5.28. The van der Waals surface area contributed by atoms with Gasteiger partial charge in [-0.05, 0) is 48.5 Å². The molecule has 0 radical (unpaired) electrons. The highest BCUT2D eigenvalue weighted by atomic mass is 16.3. The van der Waals surface area contributed by atoms with E-state index in [1.165, 1.54) is 50.5 Å². The van der Waals surface area contributed by atoms with Crippen LogP contribution in [0.15, 0.2) is 30.3 Å². The van der Waals surface area contributed by atoms with Crippen molar-refractivity contribution in [3.63, 3.8) is 0 Å². The maximum Gasteiger partial charge on any atom is 0.0487 e. The molecule has 17 heavy (non-hydrogen) atoms. The molecule has 0 saturated heterocycles. The monoisotopic (exact) mass is 230 g/mol. The molecule has 1 heteroatoms. The lowest BCUT2D eigenvalue weighted by atomic mass is 9.71. The molecule has 0 bridgehead atoms. The maximum absolute atomic E-state index is 9.58. The Labute approximate surface area is 104 Å². The summed E-state index contributed by atoms with van der Waals surface area (Å²) >= 11 is 0. The number of rotatable bonds is 4. The smallest absolute Gasteiger partial charge is 0.0487 e. The van der Waals surface area contributed by atoms with E-state index in [0.717, 1.165) is 0 Å². The maximum atomic E-state index is 9.58. The first-order valence-electron chi connectivity index (χ1n) is 6.95. The first-order chi connectivity index (χ1) is 8.29. The van der Waals surface area contributed by atoms with Gasteiger partial charge in [0.15, 0.2) is 0 Å². The van der Waals surface area contributed by atoms with Crippen LogP contribution in [0.25, 0.3) is 0 Å². The van der Waals surface area contributed by atoms with Gasteiger partial charge in [0, 0.05) is 6.61 Å². The fourth-order valence-corrected chi connectivity index (χ4v) is 3.70. The van der Waals surface area contributed by atoms with Crippen LogP contribution < -0.4 is 0 Å². The number of benzene rings is 1. The third-order valence-electron chi connectivity index (χ3n) is 4.95. The Bertz CT molecular complexity index is 372. The number of hydrogen-bond acceptors (Lipinski definition) is 1. The number of hydrogen-bond donors (Lipinski definition) is 1. The van der Waals surface area contributed by atoms with Gasteiger partial charge in [0.25, 0.3) is 0 Å². The summed E-state index contributed by atoms with van der Waals surface area (Å²) in [5.74, 6) is 0. The van der Waals surface area contributed by atoms with Gasteiger partial charge < -0.3 is 5.11 Å². The second-order valence-corrected chi connectivity index (χ2v) is 6.19. The Morgan fingerprint density at radius 2 is 1.59 bits per heavy atom. The highest BCUT2D eigenvalue weighted by Crippen LogP contribution is 2.57. The zero-order valence-corrected chi connectivity index (χ0v) is 10.5. The fourth-order valence-electron chi connectivity index (χ4n) is 3.70. The molecule has 92 valence electrons. The molecule has 0 unspecified atom stereocenters. The van der Waals surface area contributed by atoms with Crippen molar-refractivity contribution in [2.75, 3.05) is 6.61 Å². The van der Waals surface area contributed by atoms with Crippen LogP contribution in [-0.2, 0) is 5.41 Å². The molecule has 0 spiro atoms. The second kappa shape index (κ2) is 4.13. The lowest BCUT2D eigenvalue weighted by Crippen LogP contribution is -2.28. The Kier molecular flexibility index (Phi) is 2.74. The zero-order chi connectivity index (χ0) is 11.8. The van der Waals surface area contributed by atoms with Crippen LogP contribution in [0.2, 0.25) is 0 Å². The summed E-state index contributed by atoms with van der Waals surface area (Å²) in [6, 6.07) is 11.0. The average Bonchev–Trinajstić information content (AvgIpc) is 2.99. The van der Waals surface area contributed by atoms with Crippen LogP contribution in [0.5, 0.6) is 0 Å². The van der Waals surface area contributed by atoms with E-state index in [0.29, 0.717) is 12.0 Å². The normalized spacial score (nSPS) is 24.8. The molecule has 1 N–H and O–H groups in total. The third-order valence-corrected chi connectivity index (χ3v) is 4.95. The molecular formula is C16H22O. The lowest BCUT2D eigenvalue weighted by Gasteiger charge is -2.33. The van der Waals surface area contributed by atoms with Crippen molar-refractivity contribution in [3.8, 4) is 0 Å². The van der Waals surface area contributed by atoms with Gasteiger partial charge in [0.05, 0.1) is 0 Å². The molecule has 3 rings (SSSR count). The fraction of sp³-hybridized carbons (Fsp3) is 0.625. The minimum Gasteiger partial charge on any atom is -0.396 e. The molecule has 0 aromatic heterocycles. The topological polar surface area (TPSA) is 20.2 Å². The summed E-state index contributed by atoms with van der Waals surface area (Å²) in [5, 5.41) is 9.58. The van der Waals surface area contributed by atoms with Crippen LogP contribution in [0.4, 0.5) is 0 Å². The van der Waals surface area contributed by atoms with E-state index in [9.17, 15) is 5.11 Å². The molecule has 1 aromatic rings. The molecular weight excluding hydrogens is 208 g/mol. The molecule has 2 aliphatic carbocycles. The summed E-state index contributed by atoms with van der Waals surface area (Å²) < 4.78 is 0. The highest BCUT2D eigenvalue weighted by Gasteiger charge is 2.49. The second-order valence-electron chi connectivity index (χ2n) is 6.19. The lowest BCUT2D eigenvalue weighted by molar-refractivity contribution is 0.171. The van der Waals surface area contributed by atoms with Crippen molar-refractivity contribution in [3.05, 3.63) is 35.9 Å². The van der Waals surface area contributed by atoms with Crippen LogP contribution in [0, 0.1) is 5.41 Å². The quantitative estimate of drug-likeness (QED) is 0.837. The van der Waals surface area contributed by atoms with Gasteiger partial charge in [0.2, 0.25) is 0 Å². The minimum atomic E-state index is 0.278. The van der Waals surface area contributed by atoms with Crippen molar-refractivity contribution in [1.29, 1.82) is 0 Å². The van der Waals surface area contributed by atoms with E-state index in [-0.39, 0.29) is 5.41 Å². The molecule has 1 nitrogen and oxygen atoms in total. The first kappa shape index (κ1) is 11.3. The Morgan fingerprint density at radius 3 is 2.12 bits per heavy atom. The molecule has 0 aliphatic heterocycles. The van der Waals surface area contributed by atoms with Crippen LogP contribution >= 0.6 is 0 Å². The van der Waals surface area contributed by atoms with Crippen molar-refractivity contribution in [1.82, 2.24) is 0 Å². The molecule has 0 amide bonds. The van der Waals surface area contributed by atoms with E-state index >= 15 is 0 Å². The molecule has 2 fully saturated rings. The Morgan fingerprint density at radius 1 is 0.941 bits per heavy atom. The predicted molar refractivity (Wildman–Crippen MR) is 70.0 cm³/mol. The van der Waals surface area contributed by atoms with Crippen molar-refractivity contribution < 1.29 is 5.11 Å². The van der Waals surface area contributed by atoms with Gasteiger partial charge in [-0.3, -0.25) is 0 Å². The third kappa shape index (κ3) is 2.01. The van der Waals surface area contributed by atoms with Gasteiger partial charge in [-0.15, -0.1) is 0 Å². The van der Waals surface area contributed by atoms with Gasteiger partial charge in [-0.1, -0.05) is 43.2 Å². The molecule has 1 aromatic carbocycles. The predicted octanol–water partition coefficient (Wildman–Crippen LogP) is 3.66. The largest absolute Gasteiger partial charge is 0.396 e. The van der Waals surface area contributed by atoms with Gasteiger partial charge in [-0.2, -0.15) is 0 Å². The van der Waals surface area contributed by atoms with Gasteiger partial charge >= 0.3 is 0 Å². The van der Waals surface area contributed by atoms with Crippen LogP contribution in [-0.4, -0.2) is 11.7 Å². The van der Waals surface area contributed by atoms with Crippen molar-refractivity contribution >= 4 is 0 Å². The van der Waals surface area contributed by atoms with Crippen molar-refractivity contribution in [2.24, 2.45) is 5.41 Å². The van der Waals surface area contributed by atoms with E-state index in [1.807, 2.05) is 0 Å². The van der Waals surface area contributed by atoms with E-state index in [1.54, 1.807) is 0 Å². The van der Waals surface area contributed by atoms with E-state index in [4.69, 9.17) is 0 Å². The van der Waals surface area contributed by atoms with E-state index in [2.05, 4.69) is 30.3 Å². The van der Waals surface area contributed by atoms with Gasteiger partial charge in [0.1, 0.15) is 0 Å².